The maximum atomic E-state index is 11.7. The van der Waals surface area contributed by atoms with Crippen LogP contribution in [-0.4, -0.2) is 29.5 Å². The summed E-state index contributed by atoms with van der Waals surface area (Å²) in [5.74, 6) is 1.12. The molecule has 0 saturated heterocycles. The molecule has 1 fully saturated rings. The van der Waals surface area contributed by atoms with Gasteiger partial charge in [-0.15, -0.1) is 0 Å². The van der Waals surface area contributed by atoms with E-state index < -0.39 is 5.54 Å². The molecule has 1 amide bonds. The molecule has 1 atom stereocenters. The van der Waals surface area contributed by atoms with Crippen LogP contribution in [0.5, 0.6) is 0 Å². The van der Waals surface area contributed by atoms with Crippen LogP contribution in [0.1, 0.15) is 32.6 Å². The maximum Gasteiger partial charge on any atom is 0.240 e. The predicted molar refractivity (Wildman–Crippen MR) is 61.4 cm³/mol. The molecule has 82 valence electrons. The average molecular weight is 216 g/mol. The third-order valence-corrected chi connectivity index (χ3v) is 3.47. The molecule has 3 N–H and O–H groups in total. The second kappa shape index (κ2) is 5.03. The summed E-state index contributed by atoms with van der Waals surface area (Å²) in [6.07, 6.45) is 5.86. The second-order valence-corrected chi connectivity index (χ2v) is 5.15. The molecule has 0 bridgehead atoms. The fraction of sp³-hybridized carbons (Fsp3) is 0.900. The molecule has 4 heteroatoms. The zero-order chi connectivity index (χ0) is 10.6. The molecule has 0 aromatic carbocycles. The van der Waals surface area contributed by atoms with Crippen LogP contribution in [0.2, 0.25) is 0 Å². The Morgan fingerprint density at radius 1 is 1.64 bits per heavy atom. The van der Waals surface area contributed by atoms with E-state index >= 15 is 0 Å². The van der Waals surface area contributed by atoms with Crippen molar-refractivity contribution in [1.29, 1.82) is 0 Å². The lowest BCUT2D eigenvalue weighted by molar-refractivity contribution is -0.129. The predicted octanol–water partition coefficient (Wildman–Crippen LogP) is 1.13. The van der Waals surface area contributed by atoms with Gasteiger partial charge in [-0.05, 0) is 44.6 Å². The number of nitrogens with one attached hydrogen (secondary N) is 1. The highest BCUT2D eigenvalue weighted by atomic mass is 32.2. The zero-order valence-corrected chi connectivity index (χ0v) is 9.82. The summed E-state index contributed by atoms with van der Waals surface area (Å²) in [5, 5.41) is 2.98. The van der Waals surface area contributed by atoms with Crippen LogP contribution in [0.15, 0.2) is 0 Å². The SMILES string of the molecule is CSCCC(C)NC(=O)C1(N)CCC1. The second-order valence-electron chi connectivity index (χ2n) is 4.17. The number of amides is 1. The molecule has 0 aliphatic heterocycles. The Bertz CT molecular complexity index is 204. The van der Waals surface area contributed by atoms with Crippen molar-refractivity contribution in [3.05, 3.63) is 0 Å². The molecule has 1 saturated carbocycles. The number of nitrogens with two attached hydrogens (primary N) is 1. The minimum Gasteiger partial charge on any atom is -0.352 e. The van der Waals surface area contributed by atoms with Crippen molar-refractivity contribution in [1.82, 2.24) is 5.32 Å². The highest BCUT2D eigenvalue weighted by Gasteiger charge is 2.40. The topological polar surface area (TPSA) is 55.1 Å². The Morgan fingerprint density at radius 2 is 2.29 bits per heavy atom. The van der Waals surface area contributed by atoms with Gasteiger partial charge in [-0.1, -0.05) is 0 Å². The van der Waals surface area contributed by atoms with Gasteiger partial charge in [0.05, 0.1) is 5.54 Å². The van der Waals surface area contributed by atoms with Gasteiger partial charge in [-0.25, -0.2) is 0 Å². The average Bonchev–Trinajstić information content (AvgIpc) is 2.10. The highest BCUT2D eigenvalue weighted by Crippen LogP contribution is 2.29. The molecule has 0 radical (unpaired) electrons. The number of rotatable bonds is 5. The smallest absolute Gasteiger partial charge is 0.240 e. The van der Waals surface area contributed by atoms with Crippen molar-refractivity contribution in [2.24, 2.45) is 5.73 Å². The molecule has 1 aliphatic rings. The lowest BCUT2D eigenvalue weighted by Crippen LogP contribution is -2.59. The van der Waals surface area contributed by atoms with Crippen LogP contribution in [-0.2, 0) is 4.79 Å². The van der Waals surface area contributed by atoms with Crippen LogP contribution >= 0.6 is 11.8 Å². The van der Waals surface area contributed by atoms with Gasteiger partial charge >= 0.3 is 0 Å². The maximum absolute atomic E-state index is 11.7. The molecule has 3 nitrogen and oxygen atoms in total. The van der Waals surface area contributed by atoms with Crippen LogP contribution in [0, 0.1) is 0 Å². The molecule has 0 heterocycles. The van der Waals surface area contributed by atoms with Gasteiger partial charge in [0.15, 0.2) is 0 Å². The van der Waals surface area contributed by atoms with Crippen molar-refractivity contribution in [2.45, 2.75) is 44.2 Å². The minimum absolute atomic E-state index is 0.0392. The molecule has 14 heavy (non-hydrogen) atoms. The first-order valence-corrected chi connectivity index (χ1v) is 6.56. The van der Waals surface area contributed by atoms with Crippen molar-refractivity contribution < 1.29 is 4.79 Å². The van der Waals surface area contributed by atoms with Crippen LogP contribution in [0.4, 0.5) is 0 Å². The van der Waals surface area contributed by atoms with Gasteiger partial charge in [0.2, 0.25) is 5.91 Å². The van der Waals surface area contributed by atoms with E-state index in [1.807, 2.05) is 6.92 Å². The van der Waals surface area contributed by atoms with Gasteiger partial charge in [0.1, 0.15) is 0 Å². The van der Waals surface area contributed by atoms with E-state index in [0.29, 0.717) is 0 Å². The molecule has 1 unspecified atom stereocenters. The van der Waals surface area contributed by atoms with Gasteiger partial charge in [0.25, 0.3) is 0 Å². The molecule has 0 aromatic heterocycles. The Kier molecular flexibility index (Phi) is 4.26. The standard InChI is InChI=1S/C10H20N2OS/c1-8(4-7-14-2)12-9(13)10(11)5-3-6-10/h8H,3-7,11H2,1-2H3,(H,12,13). The fourth-order valence-electron chi connectivity index (χ4n) is 1.52. The van der Waals surface area contributed by atoms with Crippen LogP contribution in [0.25, 0.3) is 0 Å². The minimum atomic E-state index is -0.548. The number of hydrogen-bond donors (Lipinski definition) is 2. The first-order valence-electron chi connectivity index (χ1n) is 5.17. The Hall–Kier alpha value is -0.220. The van der Waals surface area contributed by atoms with E-state index in [9.17, 15) is 4.79 Å². The first kappa shape index (κ1) is 11.9. The van der Waals surface area contributed by atoms with Gasteiger partial charge < -0.3 is 11.1 Å². The number of carbonyl (C=O) groups excluding carboxylic acids is 1. The van der Waals surface area contributed by atoms with Crippen LogP contribution in [0.3, 0.4) is 0 Å². The molecular weight excluding hydrogens is 196 g/mol. The normalized spacial score (nSPS) is 21.1. The van der Waals surface area contributed by atoms with Crippen molar-refractivity contribution in [3.63, 3.8) is 0 Å². The fourth-order valence-corrected chi connectivity index (χ4v) is 2.11. The summed E-state index contributed by atoms with van der Waals surface area (Å²) in [4.78, 5) is 11.7. The number of carbonyl (C=O) groups is 1. The van der Waals surface area contributed by atoms with E-state index in [1.54, 1.807) is 11.8 Å². The van der Waals surface area contributed by atoms with Crippen LogP contribution < -0.4 is 11.1 Å². The summed E-state index contributed by atoms with van der Waals surface area (Å²) in [5.41, 5.74) is 5.36. The highest BCUT2D eigenvalue weighted by molar-refractivity contribution is 7.98. The summed E-state index contributed by atoms with van der Waals surface area (Å²) < 4.78 is 0. The largest absolute Gasteiger partial charge is 0.352 e. The Balaban J connectivity index is 2.25. The van der Waals surface area contributed by atoms with Gasteiger partial charge in [-0.3, -0.25) is 4.79 Å². The lowest BCUT2D eigenvalue weighted by atomic mass is 9.77. The molecule has 1 aliphatic carbocycles. The van der Waals surface area contributed by atoms with Gasteiger partial charge in [0, 0.05) is 6.04 Å². The lowest BCUT2D eigenvalue weighted by Gasteiger charge is -2.37. The van der Waals surface area contributed by atoms with Crippen molar-refractivity contribution >= 4 is 17.7 Å². The molecular formula is C10H20N2OS. The number of thioether (sulfide) groups is 1. The van der Waals surface area contributed by atoms with Crippen molar-refractivity contribution in [3.8, 4) is 0 Å². The van der Waals surface area contributed by atoms with E-state index in [1.165, 1.54) is 0 Å². The molecule has 0 aromatic rings. The van der Waals surface area contributed by atoms with E-state index in [0.717, 1.165) is 31.4 Å². The first-order chi connectivity index (χ1) is 6.58. The summed E-state index contributed by atoms with van der Waals surface area (Å²) in [6, 6.07) is 0.246. The van der Waals surface area contributed by atoms with Crippen molar-refractivity contribution in [2.75, 3.05) is 12.0 Å². The Morgan fingerprint density at radius 3 is 2.71 bits per heavy atom. The number of hydrogen-bond acceptors (Lipinski definition) is 3. The third kappa shape index (κ3) is 2.89. The summed E-state index contributed by atoms with van der Waals surface area (Å²) in [6.45, 7) is 2.04. The summed E-state index contributed by atoms with van der Waals surface area (Å²) >= 11 is 1.80. The van der Waals surface area contributed by atoms with E-state index in [-0.39, 0.29) is 11.9 Å². The monoisotopic (exact) mass is 216 g/mol. The zero-order valence-electron chi connectivity index (χ0n) is 9.01. The Labute approximate surface area is 90.2 Å². The third-order valence-electron chi connectivity index (χ3n) is 2.83. The quantitative estimate of drug-likeness (QED) is 0.724. The molecule has 0 spiro atoms. The van der Waals surface area contributed by atoms with Gasteiger partial charge in [-0.2, -0.15) is 11.8 Å². The molecule has 1 rings (SSSR count). The summed E-state index contributed by atoms with van der Waals surface area (Å²) in [7, 11) is 0. The van der Waals surface area contributed by atoms with E-state index in [2.05, 4.69) is 11.6 Å². The van der Waals surface area contributed by atoms with E-state index in [4.69, 9.17) is 5.73 Å².